The van der Waals surface area contributed by atoms with E-state index >= 15 is 0 Å². The number of hydrogen-bond donors (Lipinski definition) is 3. The monoisotopic (exact) mass is 560 g/mol. The van der Waals surface area contributed by atoms with E-state index in [9.17, 15) is 23.5 Å². The third kappa shape index (κ3) is 8.33. The molecule has 0 atom stereocenters. The fourth-order valence-corrected chi connectivity index (χ4v) is 6.21. The minimum Gasteiger partial charge on any atom is -0.506 e. The fraction of sp³-hybridized carbons (Fsp3) is 0.517. The SMILES string of the molecule is Cc1ccc(CCN(CCC(N)=O)CCN(CCc2ccc(O)c3[nH]c(=O)sc23)C2CCC(F)(F)CC2)cc1. The summed E-state index contributed by atoms with van der Waals surface area (Å²) in [6, 6.07) is 11.9. The van der Waals surface area contributed by atoms with Gasteiger partial charge in [0.15, 0.2) is 0 Å². The maximum absolute atomic E-state index is 14.0. The number of fused-ring (bicyclic) bond motifs is 1. The van der Waals surface area contributed by atoms with Crippen LogP contribution in [0.2, 0.25) is 0 Å². The second-order valence-electron chi connectivity index (χ2n) is 10.6. The number of thiazole rings is 1. The van der Waals surface area contributed by atoms with Crippen molar-refractivity contribution in [2.45, 2.75) is 63.8 Å². The summed E-state index contributed by atoms with van der Waals surface area (Å²) in [7, 11) is 0. The molecule has 0 aliphatic heterocycles. The second-order valence-corrected chi connectivity index (χ2v) is 11.6. The first-order valence-corrected chi connectivity index (χ1v) is 14.4. The number of nitrogens with zero attached hydrogens (tertiary/aromatic N) is 2. The van der Waals surface area contributed by atoms with E-state index in [1.807, 2.05) is 6.07 Å². The number of aromatic hydroxyl groups is 1. The molecule has 1 aliphatic carbocycles. The first-order chi connectivity index (χ1) is 18.6. The lowest BCUT2D eigenvalue weighted by Crippen LogP contribution is -2.45. The topological polar surface area (TPSA) is 103 Å². The van der Waals surface area contributed by atoms with Gasteiger partial charge < -0.3 is 20.7 Å². The summed E-state index contributed by atoms with van der Waals surface area (Å²) < 4.78 is 28.6. The number of primary amides is 1. The Hall–Kier alpha value is -2.82. The van der Waals surface area contributed by atoms with Crippen LogP contribution in [0.1, 0.15) is 48.8 Å². The van der Waals surface area contributed by atoms with Gasteiger partial charge in [0.2, 0.25) is 11.8 Å². The molecule has 0 saturated heterocycles. The Morgan fingerprint density at radius 1 is 1.05 bits per heavy atom. The largest absolute Gasteiger partial charge is 0.506 e. The molecule has 1 amide bonds. The predicted molar refractivity (Wildman–Crippen MR) is 152 cm³/mol. The lowest BCUT2D eigenvalue weighted by atomic mass is 9.91. The average molecular weight is 561 g/mol. The van der Waals surface area contributed by atoms with Crippen molar-refractivity contribution in [2.24, 2.45) is 5.73 Å². The highest BCUT2D eigenvalue weighted by atomic mass is 32.1. The van der Waals surface area contributed by atoms with Crippen molar-refractivity contribution in [3.63, 3.8) is 0 Å². The molecule has 39 heavy (non-hydrogen) atoms. The number of aromatic nitrogens is 1. The number of alkyl halides is 2. The van der Waals surface area contributed by atoms with Crippen LogP contribution in [-0.4, -0.2) is 70.5 Å². The Kier molecular flexibility index (Phi) is 9.74. The van der Waals surface area contributed by atoms with E-state index in [4.69, 9.17) is 5.73 Å². The molecule has 10 heteroatoms. The molecule has 3 aromatic rings. The van der Waals surface area contributed by atoms with Crippen molar-refractivity contribution in [3.05, 3.63) is 62.8 Å². The number of halogens is 2. The van der Waals surface area contributed by atoms with Gasteiger partial charge >= 0.3 is 4.87 Å². The molecule has 7 nitrogen and oxygen atoms in total. The number of carbonyl (C=O) groups excluding carboxylic acids is 1. The quantitative estimate of drug-likeness (QED) is 0.287. The predicted octanol–water partition coefficient (Wildman–Crippen LogP) is 4.45. The van der Waals surface area contributed by atoms with E-state index in [1.165, 1.54) is 11.1 Å². The number of hydrogen-bond acceptors (Lipinski definition) is 6. The number of benzene rings is 2. The van der Waals surface area contributed by atoms with Crippen molar-refractivity contribution in [3.8, 4) is 5.75 Å². The van der Waals surface area contributed by atoms with Crippen molar-refractivity contribution in [1.29, 1.82) is 0 Å². The van der Waals surface area contributed by atoms with Gasteiger partial charge in [-0.05, 0) is 49.8 Å². The number of nitrogens with one attached hydrogen (secondary N) is 1. The zero-order valence-corrected chi connectivity index (χ0v) is 23.2. The van der Waals surface area contributed by atoms with Gasteiger partial charge in [-0.1, -0.05) is 47.2 Å². The highest BCUT2D eigenvalue weighted by Crippen LogP contribution is 2.35. The van der Waals surface area contributed by atoms with Crippen LogP contribution in [0.25, 0.3) is 10.2 Å². The number of carbonyl (C=O) groups is 1. The molecular formula is C29H38F2N4O3S. The molecule has 2 aromatic carbocycles. The van der Waals surface area contributed by atoms with E-state index in [1.54, 1.807) is 6.07 Å². The molecule has 1 saturated carbocycles. The standard InChI is InChI=1S/C29H38F2N4O3S/c1-20-2-4-21(5-3-20)10-15-34(16-12-25(32)37)18-19-35(23-8-13-29(30,31)14-9-23)17-11-22-6-7-24(36)26-27(22)39-28(38)33-26/h2-7,23,36H,8-19H2,1H3,(H2,32,37)(H,33,38). The molecule has 1 heterocycles. The van der Waals surface area contributed by atoms with Crippen LogP contribution in [0, 0.1) is 6.92 Å². The molecule has 0 unspecified atom stereocenters. The Morgan fingerprint density at radius 3 is 2.46 bits per heavy atom. The second kappa shape index (κ2) is 13.0. The fourth-order valence-electron chi connectivity index (χ4n) is 5.32. The zero-order chi connectivity index (χ0) is 28.0. The normalized spacial score (nSPS) is 15.9. The summed E-state index contributed by atoms with van der Waals surface area (Å²) in [5, 5.41) is 10.1. The number of aromatic amines is 1. The molecule has 4 rings (SSSR count). The van der Waals surface area contributed by atoms with Gasteiger partial charge in [0.25, 0.3) is 0 Å². The molecule has 212 valence electrons. The van der Waals surface area contributed by atoms with Crippen LogP contribution >= 0.6 is 11.3 Å². The number of phenols is 1. The molecule has 1 aliphatic rings. The van der Waals surface area contributed by atoms with Crippen LogP contribution in [0.5, 0.6) is 5.75 Å². The maximum Gasteiger partial charge on any atom is 0.305 e. The Morgan fingerprint density at radius 2 is 1.77 bits per heavy atom. The smallest absolute Gasteiger partial charge is 0.305 e. The van der Waals surface area contributed by atoms with Crippen molar-refractivity contribution >= 4 is 27.5 Å². The van der Waals surface area contributed by atoms with E-state index in [-0.39, 0.29) is 41.8 Å². The van der Waals surface area contributed by atoms with Crippen LogP contribution in [-0.2, 0) is 17.6 Å². The Labute approximate surface area is 231 Å². The van der Waals surface area contributed by atoms with Crippen LogP contribution in [0.4, 0.5) is 8.78 Å². The zero-order valence-electron chi connectivity index (χ0n) is 22.4. The molecular weight excluding hydrogens is 522 g/mol. The number of nitrogens with two attached hydrogens (primary N) is 1. The average Bonchev–Trinajstić information content (AvgIpc) is 3.30. The highest BCUT2D eigenvalue weighted by Gasteiger charge is 2.36. The number of amides is 1. The minimum absolute atomic E-state index is 0.0390. The lowest BCUT2D eigenvalue weighted by molar-refractivity contribution is -0.118. The number of aryl methyl sites for hydroxylation is 1. The van der Waals surface area contributed by atoms with Crippen molar-refractivity contribution < 1.29 is 18.7 Å². The third-order valence-corrected chi connectivity index (χ3v) is 8.68. The first-order valence-electron chi connectivity index (χ1n) is 13.6. The molecule has 1 fully saturated rings. The molecule has 4 N–H and O–H groups in total. The summed E-state index contributed by atoms with van der Waals surface area (Å²) in [6.45, 7) is 5.38. The molecule has 1 aromatic heterocycles. The molecule has 0 bridgehead atoms. The minimum atomic E-state index is -2.61. The van der Waals surface area contributed by atoms with Crippen molar-refractivity contribution in [1.82, 2.24) is 14.8 Å². The number of rotatable bonds is 13. The van der Waals surface area contributed by atoms with E-state index < -0.39 is 5.92 Å². The number of H-pyrrole nitrogens is 1. The first kappa shape index (κ1) is 29.2. The molecule has 0 spiro atoms. The summed E-state index contributed by atoms with van der Waals surface area (Å²) >= 11 is 1.07. The summed E-state index contributed by atoms with van der Waals surface area (Å²) in [6.07, 6.45) is 2.36. The van der Waals surface area contributed by atoms with Gasteiger partial charge in [-0.3, -0.25) is 14.5 Å². The number of phenolic OH excluding ortho intramolecular Hbond substituents is 1. The van der Waals surface area contributed by atoms with E-state index in [2.05, 4.69) is 46.0 Å². The summed E-state index contributed by atoms with van der Waals surface area (Å²) in [5.41, 5.74) is 9.26. The third-order valence-electron chi connectivity index (χ3n) is 7.73. The van der Waals surface area contributed by atoms with Crippen LogP contribution in [0.15, 0.2) is 41.2 Å². The highest BCUT2D eigenvalue weighted by molar-refractivity contribution is 7.16. The lowest BCUT2D eigenvalue weighted by Gasteiger charge is -2.38. The van der Waals surface area contributed by atoms with Gasteiger partial charge in [-0.15, -0.1) is 0 Å². The summed E-state index contributed by atoms with van der Waals surface area (Å²) in [5.74, 6) is -2.91. The van der Waals surface area contributed by atoms with Crippen LogP contribution in [0.3, 0.4) is 0 Å². The Bertz CT molecular complexity index is 1300. The van der Waals surface area contributed by atoms with Gasteiger partial charge in [0.1, 0.15) is 11.3 Å². The van der Waals surface area contributed by atoms with E-state index in [0.717, 1.165) is 34.6 Å². The maximum atomic E-state index is 14.0. The van der Waals surface area contributed by atoms with Gasteiger partial charge in [-0.2, -0.15) is 0 Å². The summed E-state index contributed by atoms with van der Waals surface area (Å²) in [4.78, 5) is 30.4. The van der Waals surface area contributed by atoms with Gasteiger partial charge in [-0.25, -0.2) is 8.78 Å². The van der Waals surface area contributed by atoms with E-state index in [0.29, 0.717) is 51.0 Å². The van der Waals surface area contributed by atoms with Crippen molar-refractivity contribution in [2.75, 3.05) is 32.7 Å². The molecule has 0 radical (unpaired) electrons. The van der Waals surface area contributed by atoms with Gasteiger partial charge in [0, 0.05) is 58.0 Å². The van der Waals surface area contributed by atoms with Gasteiger partial charge in [0.05, 0.1) is 4.70 Å². The van der Waals surface area contributed by atoms with Crippen LogP contribution < -0.4 is 10.6 Å². The Balaban J connectivity index is 1.45.